The molecule has 0 saturated carbocycles. The number of carbonyl (C=O) groups excluding carboxylic acids is 1. The van der Waals surface area contributed by atoms with Gasteiger partial charge in [0.25, 0.3) is 5.91 Å². The zero-order chi connectivity index (χ0) is 17.9. The quantitative estimate of drug-likeness (QED) is 0.905. The van der Waals surface area contributed by atoms with Crippen molar-refractivity contribution >= 4 is 5.91 Å². The zero-order valence-electron chi connectivity index (χ0n) is 14.5. The van der Waals surface area contributed by atoms with Crippen molar-refractivity contribution in [3.63, 3.8) is 0 Å². The van der Waals surface area contributed by atoms with E-state index in [0.29, 0.717) is 13.1 Å². The Morgan fingerprint density at radius 2 is 1.96 bits per heavy atom. The molecule has 25 heavy (non-hydrogen) atoms. The number of piperidine rings is 1. The molecule has 1 N–H and O–H groups in total. The lowest BCUT2D eigenvalue weighted by molar-refractivity contribution is -0.0503. The molecule has 2 fully saturated rings. The SMILES string of the molecule is CN1CCCN(C(=O)c2ccccc2OC(F)F)CC12CCNCC2. The molecule has 1 aromatic carbocycles. The molecule has 1 aromatic rings. The van der Waals surface area contributed by atoms with Crippen molar-refractivity contribution < 1.29 is 18.3 Å². The number of halogens is 2. The molecule has 0 unspecified atom stereocenters. The summed E-state index contributed by atoms with van der Waals surface area (Å²) in [7, 11) is 2.12. The molecule has 1 amide bonds. The number of hydrogen-bond donors (Lipinski definition) is 1. The van der Waals surface area contributed by atoms with Crippen LogP contribution in [0.3, 0.4) is 0 Å². The van der Waals surface area contributed by atoms with Gasteiger partial charge in [0, 0.05) is 25.2 Å². The fraction of sp³-hybridized carbons (Fsp3) is 0.611. The van der Waals surface area contributed by atoms with Crippen molar-refractivity contribution in [1.82, 2.24) is 15.1 Å². The number of carbonyl (C=O) groups is 1. The minimum absolute atomic E-state index is 0.0457. The van der Waals surface area contributed by atoms with E-state index in [2.05, 4.69) is 22.0 Å². The number of benzene rings is 1. The van der Waals surface area contributed by atoms with E-state index in [0.717, 1.165) is 38.9 Å². The van der Waals surface area contributed by atoms with Gasteiger partial charge in [-0.3, -0.25) is 9.69 Å². The summed E-state index contributed by atoms with van der Waals surface area (Å²) in [6, 6.07) is 6.25. The number of ether oxygens (including phenoxy) is 1. The molecule has 0 radical (unpaired) electrons. The molecule has 138 valence electrons. The van der Waals surface area contributed by atoms with Crippen LogP contribution in [0.4, 0.5) is 8.78 Å². The second-order valence-electron chi connectivity index (χ2n) is 6.85. The number of likely N-dealkylation sites (N-methyl/N-ethyl adjacent to an activating group) is 1. The van der Waals surface area contributed by atoms with E-state index in [1.807, 2.05) is 4.90 Å². The Balaban J connectivity index is 1.84. The van der Waals surface area contributed by atoms with Gasteiger partial charge in [0.05, 0.1) is 5.56 Å². The highest BCUT2D eigenvalue weighted by atomic mass is 19.3. The molecule has 0 atom stereocenters. The van der Waals surface area contributed by atoms with E-state index >= 15 is 0 Å². The maximum absolute atomic E-state index is 13.1. The minimum Gasteiger partial charge on any atom is -0.434 e. The molecule has 2 saturated heterocycles. The first-order chi connectivity index (χ1) is 12.0. The molecular formula is C18H25F2N3O2. The topological polar surface area (TPSA) is 44.8 Å². The number of rotatable bonds is 3. The second kappa shape index (κ2) is 7.66. The van der Waals surface area contributed by atoms with Gasteiger partial charge in [-0.2, -0.15) is 8.78 Å². The molecule has 1 spiro atoms. The maximum Gasteiger partial charge on any atom is 0.387 e. The molecule has 0 aliphatic carbocycles. The summed E-state index contributed by atoms with van der Waals surface area (Å²) >= 11 is 0. The van der Waals surface area contributed by atoms with Crippen LogP contribution in [0, 0.1) is 0 Å². The third kappa shape index (κ3) is 3.93. The first-order valence-corrected chi connectivity index (χ1v) is 8.77. The lowest BCUT2D eigenvalue weighted by Gasteiger charge is -2.45. The van der Waals surface area contributed by atoms with Gasteiger partial charge < -0.3 is 15.0 Å². The Hall–Kier alpha value is -1.73. The molecule has 5 nitrogen and oxygen atoms in total. The average molecular weight is 353 g/mol. The molecule has 2 heterocycles. The largest absolute Gasteiger partial charge is 0.434 e. The Morgan fingerprint density at radius 3 is 2.68 bits per heavy atom. The Bertz CT molecular complexity index is 606. The predicted octanol–water partition coefficient (Wildman–Crippen LogP) is 2.19. The normalized spacial score (nSPS) is 21.4. The summed E-state index contributed by atoms with van der Waals surface area (Å²) in [5.74, 6) is -0.288. The maximum atomic E-state index is 13.1. The van der Waals surface area contributed by atoms with Gasteiger partial charge in [-0.25, -0.2) is 0 Å². The summed E-state index contributed by atoms with van der Waals surface area (Å²) < 4.78 is 29.8. The number of para-hydroxylation sites is 1. The van der Waals surface area contributed by atoms with Gasteiger partial charge in [0.15, 0.2) is 0 Å². The van der Waals surface area contributed by atoms with Crippen LogP contribution in [-0.2, 0) is 0 Å². The molecule has 3 rings (SSSR count). The van der Waals surface area contributed by atoms with Crippen molar-refractivity contribution in [2.24, 2.45) is 0 Å². The Labute approximate surface area is 146 Å². The number of amides is 1. The van der Waals surface area contributed by atoms with E-state index in [1.54, 1.807) is 18.2 Å². The third-order valence-electron chi connectivity index (χ3n) is 5.37. The van der Waals surface area contributed by atoms with Crippen molar-refractivity contribution in [2.75, 3.05) is 39.8 Å². The van der Waals surface area contributed by atoms with Crippen LogP contribution in [0.25, 0.3) is 0 Å². The minimum atomic E-state index is -2.94. The van der Waals surface area contributed by atoms with Crippen molar-refractivity contribution in [3.05, 3.63) is 29.8 Å². The number of alkyl halides is 2. The molecule has 7 heteroatoms. The summed E-state index contributed by atoms with van der Waals surface area (Å²) in [6.45, 7) is 1.09. The van der Waals surface area contributed by atoms with Crippen LogP contribution >= 0.6 is 0 Å². The van der Waals surface area contributed by atoms with Crippen LogP contribution < -0.4 is 10.1 Å². The van der Waals surface area contributed by atoms with E-state index < -0.39 is 6.61 Å². The van der Waals surface area contributed by atoms with Crippen molar-refractivity contribution in [3.8, 4) is 5.75 Å². The van der Waals surface area contributed by atoms with E-state index in [4.69, 9.17) is 0 Å². The third-order valence-corrected chi connectivity index (χ3v) is 5.37. The number of nitrogens with zero attached hydrogens (tertiary/aromatic N) is 2. The summed E-state index contributed by atoms with van der Waals surface area (Å²) in [6.07, 6.45) is 2.82. The smallest absolute Gasteiger partial charge is 0.387 e. The molecular weight excluding hydrogens is 328 g/mol. The van der Waals surface area contributed by atoms with Gasteiger partial charge in [-0.05, 0) is 51.5 Å². The Morgan fingerprint density at radius 1 is 1.24 bits per heavy atom. The molecule has 0 aromatic heterocycles. The fourth-order valence-electron chi connectivity index (χ4n) is 3.91. The Kier molecular flexibility index (Phi) is 5.54. The summed E-state index contributed by atoms with van der Waals surface area (Å²) in [5.41, 5.74) is 0.159. The van der Waals surface area contributed by atoms with Crippen LogP contribution in [0.2, 0.25) is 0 Å². The van der Waals surface area contributed by atoms with Gasteiger partial charge >= 0.3 is 6.61 Å². The standard InChI is InChI=1S/C18H25F2N3O2/c1-22-11-4-12-23(13-18(22)7-9-21-10-8-18)16(24)14-5-2-3-6-15(14)25-17(19)20/h2-3,5-6,17,21H,4,7-13H2,1H3. The zero-order valence-corrected chi connectivity index (χ0v) is 14.5. The van der Waals surface area contributed by atoms with Crippen LogP contribution in [0.5, 0.6) is 5.75 Å². The summed E-state index contributed by atoms with van der Waals surface area (Å²) in [4.78, 5) is 17.2. The van der Waals surface area contributed by atoms with Crippen molar-refractivity contribution in [1.29, 1.82) is 0 Å². The van der Waals surface area contributed by atoms with E-state index in [-0.39, 0.29) is 22.8 Å². The van der Waals surface area contributed by atoms with Gasteiger partial charge in [-0.1, -0.05) is 12.1 Å². The molecule has 2 aliphatic rings. The van der Waals surface area contributed by atoms with Gasteiger partial charge in [-0.15, -0.1) is 0 Å². The summed E-state index contributed by atoms with van der Waals surface area (Å²) in [5, 5.41) is 3.37. The highest BCUT2D eigenvalue weighted by molar-refractivity contribution is 5.97. The second-order valence-corrected chi connectivity index (χ2v) is 6.85. The molecule has 0 bridgehead atoms. The van der Waals surface area contributed by atoms with E-state index in [1.165, 1.54) is 6.07 Å². The van der Waals surface area contributed by atoms with Crippen molar-refractivity contribution in [2.45, 2.75) is 31.4 Å². The fourth-order valence-corrected chi connectivity index (χ4v) is 3.91. The monoisotopic (exact) mass is 353 g/mol. The number of nitrogens with one attached hydrogen (secondary N) is 1. The van der Waals surface area contributed by atoms with Crippen LogP contribution in [-0.4, -0.2) is 67.6 Å². The average Bonchev–Trinajstić information content (AvgIpc) is 2.75. The highest BCUT2D eigenvalue weighted by Crippen LogP contribution is 2.30. The van der Waals surface area contributed by atoms with Gasteiger partial charge in [0.2, 0.25) is 0 Å². The predicted molar refractivity (Wildman–Crippen MR) is 91.1 cm³/mol. The van der Waals surface area contributed by atoms with Gasteiger partial charge in [0.1, 0.15) is 5.75 Å². The van der Waals surface area contributed by atoms with Crippen LogP contribution in [0.15, 0.2) is 24.3 Å². The first-order valence-electron chi connectivity index (χ1n) is 8.77. The first kappa shape index (κ1) is 18.1. The molecule has 2 aliphatic heterocycles. The number of hydrogen-bond acceptors (Lipinski definition) is 4. The lowest BCUT2D eigenvalue weighted by atomic mass is 9.86. The lowest BCUT2D eigenvalue weighted by Crippen LogP contribution is -2.58. The van der Waals surface area contributed by atoms with Crippen LogP contribution in [0.1, 0.15) is 29.6 Å². The highest BCUT2D eigenvalue weighted by Gasteiger charge is 2.40. The van der Waals surface area contributed by atoms with E-state index in [9.17, 15) is 13.6 Å².